The molecular formula is C10H16F3N5O. The fourth-order valence-electron chi connectivity index (χ4n) is 1.52. The lowest BCUT2D eigenvalue weighted by Crippen LogP contribution is -2.43. The molecule has 0 aliphatic heterocycles. The number of aromatic nitrogens is 2. The van der Waals surface area contributed by atoms with Gasteiger partial charge in [-0.25, -0.2) is 0 Å². The van der Waals surface area contributed by atoms with E-state index in [1.165, 1.54) is 0 Å². The minimum atomic E-state index is -4.55. The molecule has 1 heterocycles. The Kier molecular flexibility index (Phi) is 5.16. The summed E-state index contributed by atoms with van der Waals surface area (Å²) in [6.07, 6.45) is -2.29. The Morgan fingerprint density at radius 2 is 2.32 bits per heavy atom. The van der Waals surface area contributed by atoms with E-state index in [4.69, 9.17) is 10.9 Å². The van der Waals surface area contributed by atoms with Gasteiger partial charge in [-0.2, -0.15) is 18.3 Å². The van der Waals surface area contributed by atoms with Gasteiger partial charge in [0.25, 0.3) is 0 Å². The second kappa shape index (κ2) is 6.41. The van der Waals surface area contributed by atoms with Crippen LogP contribution in [0.25, 0.3) is 0 Å². The number of oxime groups is 1. The molecule has 1 rings (SSSR count). The van der Waals surface area contributed by atoms with Crippen molar-refractivity contribution >= 4 is 5.84 Å². The fourth-order valence-corrected chi connectivity index (χ4v) is 1.52. The molecule has 0 bridgehead atoms. The zero-order valence-electron chi connectivity index (χ0n) is 10.4. The van der Waals surface area contributed by atoms with Crippen molar-refractivity contribution in [1.29, 1.82) is 0 Å². The molecule has 0 radical (unpaired) electrons. The number of halogens is 3. The van der Waals surface area contributed by atoms with Crippen molar-refractivity contribution in [3.05, 3.63) is 18.0 Å². The van der Waals surface area contributed by atoms with Gasteiger partial charge in [0.15, 0.2) is 5.84 Å². The summed E-state index contributed by atoms with van der Waals surface area (Å²) in [4.78, 5) is 0. The highest BCUT2D eigenvalue weighted by molar-refractivity contribution is 5.83. The average Bonchev–Trinajstić information content (AvgIpc) is 2.72. The lowest BCUT2D eigenvalue weighted by atomic mass is 10.1. The second-order valence-corrected chi connectivity index (χ2v) is 4.05. The van der Waals surface area contributed by atoms with Crippen LogP contribution in [0.5, 0.6) is 0 Å². The minimum absolute atomic E-state index is 0.322. The molecule has 1 unspecified atom stereocenters. The van der Waals surface area contributed by atoms with Gasteiger partial charge >= 0.3 is 6.18 Å². The van der Waals surface area contributed by atoms with E-state index in [2.05, 4.69) is 15.6 Å². The number of nitrogens with zero attached hydrogens (tertiary/aromatic N) is 3. The standard InChI is InChI=1S/C10H16F3N5O/c1-18-5-3-7(16-18)2-4-15-6-8(9(14)17-19)10(11,12)13/h3,5,8,15,19H,2,4,6H2,1H3,(H2,14,17). The lowest BCUT2D eigenvalue weighted by molar-refractivity contribution is -0.154. The number of rotatable bonds is 6. The predicted octanol–water partition coefficient (Wildman–Crippen LogP) is 0.477. The summed E-state index contributed by atoms with van der Waals surface area (Å²) in [5.74, 6) is -2.85. The number of hydrogen-bond acceptors (Lipinski definition) is 4. The highest BCUT2D eigenvalue weighted by Crippen LogP contribution is 2.25. The van der Waals surface area contributed by atoms with E-state index in [1.807, 2.05) is 0 Å². The first-order valence-corrected chi connectivity index (χ1v) is 5.58. The van der Waals surface area contributed by atoms with Crippen LogP contribution in [0.1, 0.15) is 5.69 Å². The van der Waals surface area contributed by atoms with Crippen molar-refractivity contribution in [2.75, 3.05) is 13.1 Å². The van der Waals surface area contributed by atoms with Crippen molar-refractivity contribution in [3.8, 4) is 0 Å². The molecule has 0 amide bonds. The Balaban J connectivity index is 2.41. The summed E-state index contributed by atoms with van der Waals surface area (Å²) in [6.45, 7) is -0.117. The molecular weight excluding hydrogens is 263 g/mol. The Labute approximate surface area is 108 Å². The van der Waals surface area contributed by atoms with Crippen molar-refractivity contribution in [3.63, 3.8) is 0 Å². The molecule has 0 aliphatic carbocycles. The highest BCUT2D eigenvalue weighted by Gasteiger charge is 2.42. The first-order chi connectivity index (χ1) is 8.84. The summed E-state index contributed by atoms with van der Waals surface area (Å²) in [5, 5.41) is 17.5. The summed E-state index contributed by atoms with van der Waals surface area (Å²) < 4.78 is 39.4. The SMILES string of the molecule is Cn1ccc(CCNCC(/C(N)=N/O)C(F)(F)F)n1. The van der Waals surface area contributed by atoms with Crippen LogP contribution in [0.2, 0.25) is 0 Å². The van der Waals surface area contributed by atoms with Crippen LogP contribution in [0.3, 0.4) is 0 Å². The normalized spacial score (nSPS) is 14.6. The van der Waals surface area contributed by atoms with Crippen LogP contribution in [-0.4, -0.2) is 40.1 Å². The topological polar surface area (TPSA) is 88.5 Å². The Bertz CT molecular complexity index is 429. The second-order valence-electron chi connectivity index (χ2n) is 4.05. The molecule has 108 valence electrons. The lowest BCUT2D eigenvalue weighted by Gasteiger charge is -2.19. The molecule has 1 aromatic rings. The Hall–Kier alpha value is -1.77. The number of aryl methyl sites for hydroxylation is 1. The number of alkyl halides is 3. The van der Waals surface area contributed by atoms with E-state index in [-0.39, 0.29) is 0 Å². The summed E-state index contributed by atoms with van der Waals surface area (Å²) >= 11 is 0. The van der Waals surface area contributed by atoms with Gasteiger partial charge in [0, 0.05) is 32.8 Å². The number of hydrogen-bond donors (Lipinski definition) is 3. The van der Waals surface area contributed by atoms with Gasteiger partial charge in [-0.1, -0.05) is 5.16 Å². The number of amidine groups is 1. The molecule has 0 saturated carbocycles. The van der Waals surface area contributed by atoms with E-state index < -0.39 is 24.5 Å². The van der Waals surface area contributed by atoms with Gasteiger partial charge in [-0.3, -0.25) is 4.68 Å². The highest BCUT2D eigenvalue weighted by atomic mass is 19.4. The third kappa shape index (κ3) is 4.78. The first kappa shape index (κ1) is 15.3. The van der Waals surface area contributed by atoms with Crippen molar-refractivity contribution in [2.24, 2.45) is 23.9 Å². The van der Waals surface area contributed by atoms with Crippen LogP contribution < -0.4 is 11.1 Å². The average molecular weight is 279 g/mol. The van der Waals surface area contributed by atoms with Gasteiger partial charge in [0.05, 0.1) is 5.69 Å². The molecule has 0 saturated heterocycles. The van der Waals surface area contributed by atoms with Gasteiger partial charge < -0.3 is 16.3 Å². The predicted molar refractivity (Wildman–Crippen MR) is 62.7 cm³/mol. The molecule has 9 heteroatoms. The number of nitrogens with one attached hydrogen (secondary N) is 1. The van der Waals surface area contributed by atoms with Crippen LogP contribution in [0.15, 0.2) is 17.4 Å². The zero-order chi connectivity index (χ0) is 14.5. The van der Waals surface area contributed by atoms with Crippen LogP contribution in [0, 0.1) is 5.92 Å². The van der Waals surface area contributed by atoms with E-state index >= 15 is 0 Å². The van der Waals surface area contributed by atoms with Crippen LogP contribution >= 0.6 is 0 Å². The van der Waals surface area contributed by atoms with E-state index in [1.54, 1.807) is 24.0 Å². The summed E-state index contributed by atoms with van der Waals surface area (Å²) in [6, 6.07) is 1.78. The molecule has 0 spiro atoms. The third-order valence-electron chi connectivity index (χ3n) is 2.54. The third-order valence-corrected chi connectivity index (χ3v) is 2.54. The summed E-state index contributed by atoms with van der Waals surface area (Å²) in [7, 11) is 1.76. The Morgan fingerprint density at radius 3 is 2.79 bits per heavy atom. The van der Waals surface area contributed by atoms with Crippen LogP contribution in [0.4, 0.5) is 13.2 Å². The summed E-state index contributed by atoms with van der Waals surface area (Å²) in [5.41, 5.74) is 5.80. The molecule has 4 N–H and O–H groups in total. The largest absolute Gasteiger partial charge is 0.409 e. The molecule has 1 aromatic heterocycles. The Morgan fingerprint density at radius 1 is 1.63 bits per heavy atom. The van der Waals surface area contributed by atoms with Gasteiger partial charge in [0.2, 0.25) is 0 Å². The molecule has 6 nitrogen and oxygen atoms in total. The van der Waals surface area contributed by atoms with Gasteiger partial charge in [0.1, 0.15) is 5.92 Å². The first-order valence-electron chi connectivity index (χ1n) is 5.58. The molecule has 0 fully saturated rings. The molecule has 0 aromatic carbocycles. The zero-order valence-corrected chi connectivity index (χ0v) is 10.4. The maximum absolute atomic E-state index is 12.6. The fraction of sp³-hybridized carbons (Fsp3) is 0.600. The van der Waals surface area contributed by atoms with E-state index in [0.717, 1.165) is 5.69 Å². The van der Waals surface area contributed by atoms with Crippen LogP contribution in [-0.2, 0) is 13.5 Å². The van der Waals surface area contributed by atoms with Crippen molar-refractivity contribution in [1.82, 2.24) is 15.1 Å². The van der Waals surface area contributed by atoms with E-state index in [9.17, 15) is 13.2 Å². The van der Waals surface area contributed by atoms with Crippen molar-refractivity contribution in [2.45, 2.75) is 12.6 Å². The van der Waals surface area contributed by atoms with Crippen molar-refractivity contribution < 1.29 is 18.4 Å². The van der Waals surface area contributed by atoms with E-state index in [0.29, 0.717) is 13.0 Å². The molecule has 0 aliphatic rings. The molecule has 1 atom stereocenters. The van der Waals surface area contributed by atoms with Gasteiger partial charge in [-0.05, 0) is 6.07 Å². The monoisotopic (exact) mass is 279 g/mol. The quantitative estimate of drug-likeness (QED) is 0.232. The minimum Gasteiger partial charge on any atom is -0.409 e. The van der Waals surface area contributed by atoms with Gasteiger partial charge in [-0.15, -0.1) is 0 Å². The number of nitrogens with two attached hydrogens (primary N) is 1. The maximum atomic E-state index is 12.6. The smallest absolute Gasteiger partial charge is 0.400 e. The maximum Gasteiger partial charge on any atom is 0.400 e. The molecule has 19 heavy (non-hydrogen) atoms.